The molecule has 0 radical (unpaired) electrons. The normalized spacial score (nSPS) is 21.3. The molecule has 1 unspecified atom stereocenters. The molecule has 0 spiro atoms. The van der Waals surface area contributed by atoms with E-state index in [0.29, 0.717) is 5.41 Å². The van der Waals surface area contributed by atoms with Crippen molar-refractivity contribution in [2.75, 3.05) is 12.3 Å². The molecule has 2 rings (SSSR count). The SMILES string of the molecule is CC(NC1=NCC(C)(C)CS1)c1nccs1. The third-order valence-corrected chi connectivity index (χ3v) is 4.82. The number of hydrogen-bond donors (Lipinski definition) is 1. The summed E-state index contributed by atoms with van der Waals surface area (Å²) in [4.78, 5) is 8.88. The zero-order valence-corrected chi connectivity index (χ0v) is 11.5. The van der Waals surface area contributed by atoms with Crippen molar-refractivity contribution in [2.24, 2.45) is 10.4 Å². The second kappa shape index (κ2) is 4.75. The van der Waals surface area contributed by atoms with E-state index in [2.05, 4.69) is 36.1 Å². The van der Waals surface area contributed by atoms with Crippen LogP contribution in [0.5, 0.6) is 0 Å². The van der Waals surface area contributed by atoms with Gasteiger partial charge in [-0.05, 0) is 12.3 Å². The van der Waals surface area contributed by atoms with Gasteiger partial charge in [0.15, 0.2) is 5.17 Å². The fraction of sp³-hybridized carbons (Fsp3) is 0.636. The largest absolute Gasteiger partial charge is 0.356 e. The van der Waals surface area contributed by atoms with Crippen molar-refractivity contribution in [2.45, 2.75) is 26.8 Å². The summed E-state index contributed by atoms with van der Waals surface area (Å²) in [5.41, 5.74) is 0.334. The van der Waals surface area contributed by atoms with Gasteiger partial charge in [-0.3, -0.25) is 4.99 Å². The highest BCUT2D eigenvalue weighted by Crippen LogP contribution is 2.28. The summed E-state index contributed by atoms with van der Waals surface area (Å²) in [6.07, 6.45) is 1.84. The Labute approximate surface area is 105 Å². The minimum atomic E-state index is 0.257. The first kappa shape index (κ1) is 11.9. The molecule has 1 aliphatic heterocycles. The van der Waals surface area contributed by atoms with Gasteiger partial charge in [-0.1, -0.05) is 25.6 Å². The molecule has 2 heterocycles. The number of nitrogens with zero attached hydrogens (tertiary/aromatic N) is 2. The molecule has 88 valence electrons. The average molecular weight is 255 g/mol. The molecule has 1 atom stereocenters. The maximum absolute atomic E-state index is 4.58. The van der Waals surface area contributed by atoms with Gasteiger partial charge >= 0.3 is 0 Å². The minimum absolute atomic E-state index is 0.257. The van der Waals surface area contributed by atoms with Crippen molar-refractivity contribution in [3.63, 3.8) is 0 Å². The Bertz CT molecular complexity index is 371. The molecule has 0 saturated carbocycles. The van der Waals surface area contributed by atoms with E-state index in [9.17, 15) is 0 Å². The summed E-state index contributed by atoms with van der Waals surface area (Å²) < 4.78 is 0. The second-order valence-corrected chi connectivity index (χ2v) is 6.70. The zero-order chi connectivity index (χ0) is 11.6. The summed E-state index contributed by atoms with van der Waals surface area (Å²) in [5, 5.41) is 7.60. The van der Waals surface area contributed by atoms with E-state index in [1.807, 2.05) is 23.3 Å². The van der Waals surface area contributed by atoms with E-state index in [1.165, 1.54) is 0 Å². The predicted octanol–water partition coefficient (Wildman–Crippen LogP) is 2.92. The number of aromatic nitrogens is 1. The lowest BCUT2D eigenvalue weighted by Gasteiger charge is -2.28. The van der Waals surface area contributed by atoms with Crippen molar-refractivity contribution in [1.29, 1.82) is 0 Å². The molecule has 0 aliphatic carbocycles. The van der Waals surface area contributed by atoms with Gasteiger partial charge in [-0.2, -0.15) is 0 Å². The van der Waals surface area contributed by atoms with E-state index in [4.69, 9.17) is 0 Å². The molecular formula is C11H17N3S2. The molecule has 0 saturated heterocycles. The molecule has 0 amide bonds. The third kappa shape index (κ3) is 2.98. The summed E-state index contributed by atoms with van der Waals surface area (Å²) in [6.45, 7) is 7.55. The van der Waals surface area contributed by atoms with Crippen molar-refractivity contribution < 1.29 is 0 Å². The zero-order valence-electron chi connectivity index (χ0n) is 9.86. The Morgan fingerprint density at radius 1 is 1.50 bits per heavy atom. The highest BCUT2D eigenvalue weighted by molar-refractivity contribution is 8.13. The fourth-order valence-corrected chi connectivity index (χ4v) is 3.10. The smallest absolute Gasteiger partial charge is 0.157 e. The Morgan fingerprint density at radius 3 is 2.88 bits per heavy atom. The van der Waals surface area contributed by atoms with Crippen LogP contribution in [0.25, 0.3) is 0 Å². The first-order valence-corrected chi connectivity index (χ1v) is 7.26. The van der Waals surface area contributed by atoms with Gasteiger partial charge < -0.3 is 5.32 Å². The maximum atomic E-state index is 4.58. The van der Waals surface area contributed by atoms with E-state index in [0.717, 1.165) is 22.5 Å². The molecule has 0 bridgehead atoms. The number of nitrogens with one attached hydrogen (secondary N) is 1. The van der Waals surface area contributed by atoms with Crippen LogP contribution in [0.1, 0.15) is 31.8 Å². The van der Waals surface area contributed by atoms with Crippen LogP contribution >= 0.6 is 23.1 Å². The number of aliphatic imine (C=N–C) groups is 1. The van der Waals surface area contributed by atoms with Crippen LogP contribution < -0.4 is 5.32 Å². The molecule has 0 fully saturated rings. The lowest BCUT2D eigenvalue weighted by molar-refractivity contribution is 0.436. The fourth-order valence-electron chi connectivity index (χ4n) is 1.42. The maximum Gasteiger partial charge on any atom is 0.157 e. The van der Waals surface area contributed by atoms with E-state index >= 15 is 0 Å². The Hall–Kier alpha value is -0.550. The molecule has 1 N–H and O–H groups in total. The highest BCUT2D eigenvalue weighted by Gasteiger charge is 2.24. The minimum Gasteiger partial charge on any atom is -0.356 e. The summed E-state index contributed by atoms with van der Waals surface area (Å²) in [7, 11) is 0. The van der Waals surface area contributed by atoms with E-state index in [1.54, 1.807) is 11.3 Å². The lowest BCUT2D eigenvalue weighted by atomic mass is 9.97. The van der Waals surface area contributed by atoms with Crippen LogP contribution in [0.2, 0.25) is 0 Å². The topological polar surface area (TPSA) is 37.3 Å². The predicted molar refractivity (Wildman–Crippen MR) is 72.2 cm³/mol. The van der Waals surface area contributed by atoms with Gasteiger partial charge in [0.2, 0.25) is 0 Å². The number of amidine groups is 1. The van der Waals surface area contributed by atoms with E-state index < -0.39 is 0 Å². The summed E-state index contributed by atoms with van der Waals surface area (Å²) in [5.74, 6) is 1.13. The van der Waals surface area contributed by atoms with Crippen molar-refractivity contribution >= 4 is 28.3 Å². The Kier molecular flexibility index (Phi) is 3.54. The standard InChI is InChI=1S/C11H17N3S2/c1-8(9-12-4-5-15-9)14-10-13-6-11(2,3)7-16-10/h4-5,8H,6-7H2,1-3H3,(H,13,14). The lowest BCUT2D eigenvalue weighted by Crippen LogP contribution is -2.32. The van der Waals surface area contributed by atoms with Gasteiger partial charge in [0.1, 0.15) is 5.01 Å². The first-order chi connectivity index (χ1) is 7.57. The number of hydrogen-bond acceptors (Lipinski definition) is 5. The molecule has 5 heteroatoms. The molecule has 1 aromatic heterocycles. The van der Waals surface area contributed by atoms with Gasteiger partial charge in [0.05, 0.1) is 6.04 Å². The van der Waals surface area contributed by atoms with Crippen LogP contribution in [-0.4, -0.2) is 22.4 Å². The van der Waals surface area contributed by atoms with Crippen LogP contribution in [0.4, 0.5) is 0 Å². The quantitative estimate of drug-likeness (QED) is 0.883. The first-order valence-electron chi connectivity index (χ1n) is 5.40. The van der Waals surface area contributed by atoms with Crippen LogP contribution in [0, 0.1) is 5.41 Å². The monoisotopic (exact) mass is 255 g/mol. The molecule has 1 aromatic rings. The average Bonchev–Trinajstić information content (AvgIpc) is 2.74. The number of thioether (sulfide) groups is 1. The number of rotatable bonds is 2. The Balaban J connectivity index is 1.94. The highest BCUT2D eigenvalue weighted by atomic mass is 32.2. The van der Waals surface area contributed by atoms with Gasteiger partial charge in [0.25, 0.3) is 0 Å². The van der Waals surface area contributed by atoms with Gasteiger partial charge in [-0.15, -0.1) is 11.3 Å². The van der Waals surface area contributed by atoms with Gasteiger partial charge in [-0.25, -0.2) is 4.98 Å². The van der Waals surface area contributed by atoms with E-state index in [-0.39, 0.29) is 6.04 Å². The molecule has 1 aliphatic rings. The van der Waals surface area contributed by atoms with Crippen molar-refractivity contribution in [1.82, 2.24) is 10.3 Å². The molecule has 16 heavy (non-hydrogen) atoms. The summed E-state index contributed by atoms with van der Waals surface area (Å²) >= 11 is 3.49. The summed E-state index contributed by atoms with van der Waals surface area (Å²) in [6, 6.07) is 0.257. The molecular weight excluding hydrogens is 238 g/mol. The van der Waals surface area contributed by atoms with Crippen LogP contribution in [-0.2, 0) is 0 Å². The van der Waals surface area contributed by atoms with Crippen LogP contribution in [0.3, 0.4) is 0 Å². The molecule has 3 nitrogen and oxygen atoms in total. The van der Waals surface area contributed by atoms with Gasteiger partial charge in [0, 0.05) is 23.9 Å². The van der Waals surface area contributed by atoms with Crippen molar-refractivity contribution in [3.05, 3.63) is 16.6 Å². The van der Waals surface area contributed by atoms with Crippen LogP contribution in [0.15, 0.2) is 16.6 Å². The Morgan fingerprint density at radius 2 is 2.31 bits per heavy atom. The molecule has 0 aromatic carbocycles. The third-order valence-electron chi connectivity index (χ3n) is 2.41. The number of thiazole rings is 1. The second-order valence-electron chi connectivity index (χ2n) is 4.81. The van der Waals surface area contributed by atoms with Crippen molar-refractivity contribution in [3.8, 4) is 0 Å².